The molecule has 0 bridgehead atoms. The lowest BCUT2D eigenvalue weighted by Gasteiger charge is -2.08. The van der Waals surface area contributed by atoms with Gasteiger partial charge in [-0.1, -0.05) is 15.9 Å². The topological polar surface area (TPSA) is 38.3 Å². The molecule has 0 saturated carbocycles. The zero-order chi connectivity index (χ0) is 12.0. The number of alkyl halides is 1. The highest BCUT2D eigenvalue weighted by Gasteiger charge is 2.08. The number of amides is 1. The molecule has 3 nitrogen and oxygen atoms in total. The molecule has 90 valence electrons. The molecule has 1 amide bonds. The first-order chi connectivity index (χ1) is 7.63. The van der Waals surface area contributed by atoms with Gasteiger partial charge in [0.1, 0.15) is 0 Å². The second kappa shape index (κ2) is 7.62. The standard InChI is InChI=1S/C10H13BrINO2S/c1-15-5-8(11)2-3-13-10(14)7-4-9(12)16-6-7/h4,6,8H,2-3,5H2,1H3,(H,13,14). The van der Waals surface area contributed by atoms with Crippen molar-refractivity contribution in [2.45, 2.75) is 11.2 Å². The number of hydrogen-bond donors (Lipinski definition) is 1. The van der Waals surface area contributed by atoms with Crippen LogP contribution in [0.1, 0.15) is 16.8 Å². The van der Waals surface area contributed by atoms with Crippen molar-refractivity contribution in [3.63, 3.8) is 0 Å². The molecular weight excluding hydrogens is 405 g/mol. The van der Waals surface area contributed by atoms with Crippen molar-refractivity contribution in [2.75, 3.05) is 20.3 Å². The third-order valence-corrected chi connectivity index (χ3v) is 4.43. The maximum absolute atomic E-state index is 11.6. The Kier molecular flexibility index (Phi) is 6.86. The Morgan fingerprint density at radius 3 is 3.06 bits per heavy atom. The van der Waals surface area contributed by atoms with E-state index in [1.54, 1.807) is 18.4 Å². The summed E-state index contributed by atoms with van der Waals surface area (Å²) in [6.07, 6.45) is 0.862. The van der Waals surface area contributed by atoms with E-state index in [2.05, 4.69) is 43.8 Å². The van der Waals surface area contributed by atoms with Gasteiger partial charge in [0.15, 0.2) is 0 Å². The fourth-order valence-corrected chi connectivity index (χ4v) is 2.96. The molecule has 1 aromatic heterocycles. The first-order valence-electron chi connectivity index (χ1n) is 4.78. The lowest BCUT2D eigenvalue weighted by atomic mass is 10.3. The highest BCUT2D eigenvalue weighted by Crippen LogP contribution is 2.16. The quantitative estimate of drug-likeness (QED) is 0.570. The monoisotopic (exact) mass is 417 g/mol. The Bertz CT molecular complexity index is 345. The van der Waals surface area contributed by atoms with Crippen molar-refractivity contribution in [2.24, 2.45) is 0 Å². The number of hydrogen-bond acceptors (Lipinski definition) is 3. The summed E-state index contributed by atoms with van der Waals surface area (Å²) in [5.74, 6) is -0.00344. The Balaban J connectivity index is 2.25. The predicted molar refractivity (Wildman–Crippen MR) is 78.6 cm³/mol. The smallest absolute Gasteiger partial charge is 0.252 e. The summed E-state index contributed by atoms with van der Waals surface area (Å²) in [5, 5.41) is 4.75. The second-order valence-electron chi connectivity index (χ2n) is 3.24. The molecule has 1 unspecified atom stereocenters. The van der Waals surface area contributed by atoms with Crippen molar-refractivity contribution in [1.29, 1.82) is 0 Å². The normalized spacial score (nSPS) is 12.4. The molecule has 0 fully saturated rings. The molecule has 16 heavy (non-hydrogen) atoms. The summed E-state index contributed by atoms with van der Waals surface area (Å²) in [7, 11) is 1.67. The molecule has 6 heteroatoms. The van der Waals surface area contributed by atoms with Crippen molar-refractivity contribution < 1.29 is 9.53 Å². The van der Waals surface area contributed by atoms with Crippen molar-refractivity contribution in [3.8, 4) is 0 Å². The Morgan fingerprint density at radius 1 is 1.75 bits per heavy atom. The van der Waals surface area contributed by atoms with Crippen molar-refractivity contribution in [3.05, 3.63) is 19.9 Å². The maximum atomic E-state index is 11.6. The van der Waals surface area contributed by atoms with Crippen LogP contribution in [-0.4, -0.2) is 31.0 Å². The van der Waals surface area contributed by atoms with Crippen molar-refractivity contribution in [1.82, 2.24) is 5.32 Å². The Labute approximate surface area is 121 Å². The van der Waals surface area contributed by atoms with Crippen LogP contribution in [0.25, 0.3) is 0 Å². The maximum Gasteiger partial charge on any atom is 0.252 e. The number of carbonyl (C=O) groups is 1. The SMILES string of the molecule is COCC(Br)CCNC(=O)c1csc(I)c1. The summed E-state index contributed by atoms with van der Waals surface area (Å²) in [6, 6.07) is 1.89. The third kappa shape index (κ3) is 5.11. The highest BCUT2D eigenvalue weighted by atomic mass is 127. The van der Waals surface area contributed by atoms with E-state index < -0.39 is 0 Å². The number of ether oxygens (including phenoxy) is 1. The fraction of sp³-hybridized carbons (Fsp3) is 0.500. The number of methoxy groups -OCH3 is 1. The summed E-state index contributed by atoms with van der Waals surface area (Å²) < 4.78 is 6.12. The minimum atomic E-state index is -0.00344. The predicted octanol–water partition coefficient (Wildman–Crippen LogP) is 2.88. The molecule has 0 aliphatic rings. The number of rotatable bonds is 6. The van der Waals surface area contributed by atoms with Gasteiger partial charge in [-0.3, -0.25) is 4.79 Å². The van der Waals surface area contributed by atoms with E-state index in [0.29, 0.717) is 18.0 Å². The average molecular weight is 418 g/mol. The van der Waals surface area contributed by atoms with E-state index in [1.807, 2.05) is 11.4 Å². The lowest BCUT2D eigenvalue weighted by Crippen LogP contribution is -2.26. The van der Waals surface area contributed by atoms with Crippen LogP contribution in [-0.2, 0) is 4.74 Å². The van der Waals surface area contributed by atoms with Crippen LogP contribution in [0.4, 0.5) is 0 Å². The lowest BCUT2D eigenvalue weighted by molar-refractivity contribution is 0.0952. The minimum absolute atomic E-state index is 0.00344. The molecule has 0 aliphatic carbocycles. The average Bonchev–Trinajstić information content (AvgIpc) is 2.65. The van der Waals surface area contributed by atoms with Gasteiger partial charge >= 0.3 is 0 Å². The van der Waals surface area contributed by atoms with E-state index in [-0.39, 0.29) is 5.91 Å². The zero-order valence-corrected chi connectivity index (χ0v) is 13.4. The van der Waals surface area contributed by atoms with E-state index in [9.17, 15) is 4.79 Å². The van der Waals surface area contributed by atoms with Gasteiger partial charge in [-0.2, -0.15) is 0 Å². The molecule has 0 aliphatic heterocycles. The van der Waals surface area contributed by atoms with Crippen LogP contribution in [0.2, 0.25) is 0 Å². The van der Waals surface area contributed by atoms with Crippen LogP contribution in [0.3, 0.4) is 0 Å². The van der Waals surface area contributed by atoms with Gasteiger partial charge in [-0.25, -0.2) is 0 Å². The first kappa shape index (κ1) is 14.4. The summed E-state index contributed by atoms with van der Waals surface area (Å²) in [6.45, 7) is 1.32. The van der Waals surface area contributed by atoms with Gasteiger partial charge < -0.3 is 10.1 Å². The fourth-order valence-electron chi connectivity index (χ4n) is 1.14. The van der Waals surface area contributed by atoms with Gasteiger partial charge in [0.25, 0.3) is 5.91 Å². The van der Waals surface area contributed by atoms with Crippen LogP contribution < -0.4 is 5.32 Å². The van der Waals surface area contributed by atoms with E-state index in [0.717, 1.165) is 14.9 Å². The molecule has 0 spiro atoms. The molecule has 0 saturated heterocycles. The Morgan fingerprint density at radius 2 is 2.50 bits per heavy atom. The van der Waals surface area contributed by atoms with Crippen LogP contribution in [0, 0.1) is 2.88 Å². The number of halogens is 2. The summed E-state index contributed by atoms with van der Waals surface area (Å²) in [5.41, 5.74) is 0.743. The van der Waals surface area contributed by atoms with E-state index >= 15 is 0 Å². The van der Waals surface area contributed by atoms with Crippen LogP contribution >= 0.6 is 49.9 Å². The van der Waals surface area contributed by atoms with E-state index in [1.165, 1.54) is 0 Å². The molecule has 1 heterocycles. The second-order valence-corrected chi connectivity index (χ2v) is 7.34. The number of nitrogens with one attached hydrogen (secondary N) is 1. The van der Waals surface area contributed by atoms with E-state index in [4.69, 9.17) is 4.74 Å². The zero-order valence-electron chi connectivity index (χ0n) is 8.83. The van der Waals surface area contributed by atoms with Crippen molar-refractivity contribution >= 4 is 55.8 Å². The van der Waals surface area contributed by atoms with Gasteiger partial charge in [0, 0.05) is 23.9 Å². The van der Waals surface area contributed by atoms with Gasteiger partial charge in [0.2, 0.25) is 0 Å². The molecule has 1 atom stereocenters. The Hall–Kier alpha value is 0.340. The largest absolute Gasteiger partial charge is 0.384 e. The molecular formula is C10H13BrINO2S. The summed E-state index contributed by atoms with van der Waals surface area (Å²) in [4.78, 5) is 11.9. The van der Waals surface area contributed by atoms with Gasteiger partial charge in [-0.15, -0.1) is 11.3 Å². The number of thiophene rings is 1. The van der Waals surface area contributed by atoms with Crippen LogP contribution in [0.15, 0.2) is 11.4 Å². The molecule has 0 radical (unpaired) electrons. The van der Waals surface area contributed by atoms with Crippen LogP contribution in [0.5, 0.6) is 0 Å². The third-order valence-electron chi connectivity index (χ3n) is 1.92. The first-order valence-corrected chi connectivity index (χ1v) is 7.66. The van der Waals surface area contributed by atoms with Gasteiger partial charge in [-0.05, 0) is 35.1 Å². The summed E-state index contributed by atoms with van der Waals surface area (Å²) >= 11 is 7.26. The molecule has 1 rings (SSSR count). The van der Waals surface area contributed by atoms with Gasteiger partial charge in [0.05, 0.1) is 15.1 Å². The molecule has 1 N–H and O–H groups in total. The highest BCUT2D eigenvalue weighted by molar-refractivity contribution is 14.1. The molecule has 1 aromatic rings. The minimum Gasteiger partial charge on any atom is -0.384 e. The number of carbonyl (C=O) groups excluding carboxylic acids is 1. The molecule has 0 aromatic carbocycles.